The van der Waals surface area contributed by atoms with Crippen molar-refractivity contribution in [1.29, 1.82) is 0 Å². The Morgan fingerprint density at radius 1 is 1.16 bits per heavy atom. The van der Waals surface area contributed by atoms with Gasteiger partial charge in [0.2, 0.25) is 5.88 Å². The topological polar surface area (TPSA) is 56.3 Å². The maximum absolute atomic E-state index is 5.64. The van der Waals surface area contributed by atoms with Crippen LogP contribution in [0.1, 0.15) is 38.9 Å². The van der Waals surface area contributed by atoms with Gasteiger partial charge in [0.15, 0.2) is 0 Å². The van der Waals surface area contributed by atoms with E-state index in [1.54, 1.807) is 7.11 Å². The zero-order valence-corrected chi connectivity index (χ0v) is 12.2. The molecule has 0 atom stereocenters. The summed E-state index contributed by atoms with van der Waals surface area (Å²) in [6, 6.07) is 1.86. The molecule has 1 aromatic heterocycles. The monoisotopic (exact) mass is 267 g/mol. The van der Waals surface area contributed by atoms with Crippen LogP contribution in [0.4, 0.5) is 5.82 Å². The molecule has 0 aliphatic heterocycles. The Hall–Kier alpha value is -1.36. The minimum atomic E-state index is 0.615. The van der Waals surface area contributed by atoms with Crippen LogP contribution < -0.4 is 10.1 Å². The van der Waals surface area contributed by atoms with E-state index < -0.39 is 0 Å². The molecule has 1 N–H and O–H groups in total. The van der Waals surface area contributed by atoms with Gasteiger partial charge in [0.25, 0.3) is 0 Å². The molecule has 1 rings (SSSR count). The molecule has 1 heterocycles. The first-order chi connectivity index (χ1) is 9.30. The van der Waals surface area contributed by atoms with Crippen LogP contribution in [0.5, 0.6) is 5.88 Å². The van der Waals surface area contributed by atoms with Crippen LogP contribution in [-0.4, -0.2) is 36.8 Å². The first-order valence-corrected chi connectivity index (χ1v) is 7.03. The summed E-state index contributed by atoms with van der Waals surface area (Å²) in [4.78, 5) is 8.89. The minimum Gasteiger partial charge on any atom is -0.477 e. The summed E-state index contributed by atoms with van der Waals surface area (Å²) < 4.78 is 10.6. The number of ether oxygens (including phenoxy) is 2. The van der Waals surface area contributed by atoms with Crippen molar-refractivity contribution in [3.8, 4) is 5.88 Å². The molecule has 0 aliphatic carbocycles. The van der Waals surface area contributed by atoms with Gasteiger partial charge in [-0.25, -0.2) is 4.98 Å². The summed E-state index contributed by atoms with van der Waals surface area (Å²) in [5, 5.41) is 3.28. The highest BCUT2D eigenvalue weighted by Gasteiger charge is 2.05. The van der Waals surface area contributed by atoms with Crippen molar-refractivity contribution in [1.82, 2.24) is 9.97 Å². The van der Waals surface area contributed by atoms with Crippen molar-refractivity contribution in [3.63, 3.8) is 0 Å². The highest BCUT2D eigenvalue weighted by atomic mass is 16.5. The smallest absolute Gasteiger partial charge is 0.218 e. The third-order valence-electron chi connectivity index (χ3n) is 2.52. The molecule has 5 heteroatoms. The fourth-order valence-corrected chi connectivity index (χ4v) is 1.61. The quantitative estimate of drug-likeness (QED) is 0.660. The second-order valence-corrected chi connectivity index (χ2v) is 4.38. The summed E-state index contributed by atoms with van der Waals surface area (Å²) in [5.41, 5.74) is 0. The van der Waals surface area contributed by atoms with Crippen molar-refractivity contribution in [3.05, 3.63) is 11.9 Å². The summed E-state index contributed by atoms with van der Waals surface area (Å²) in [6.07, 6.45) is 3.83. The summed E-state index contributed by atoms with van der Waals surface area (Å²) in [5.74, 6) is 2.33. The average Bonchev–Trinajstić information content (AvgIpc) is 2.42. The lowest BCUT2D eigenvalue weighted by Gasteiger charge is -2.10. The van der Waals surface area contributed by atoms with E-state index in [0.29, 0.717) is 19.1 Å². The number of hydrogen-bond donors (Lipinski definition) is 1. The Morgan fingerprint density at radius 2 is 2.00 bits per heavy atom. The minimum absolute atomic E-state index is 0.615. The van der Waals surface area contributed by atoms with E-state index >= 15 is 0 Å². The van der Waals surface area contributed by atoms with Gasteiger partial charge in [-0.05, 0) is 12.8 Å². The number of nitrogens with zero attached hydrogens (tertiary/aromatic N) is 2. The van der Waals surface area contributed by atoms with E-state index in [2.05, 4.69) is 29.1 Å². The third-order valence-corrected chi connectivity index (χ3v) is 2.52. The van der Waals surface area contributed by atoms with Crippen LogP contribution >= 0.6 is 0 Å². The SMILES string of the molecule is CCCNc1cc(OCCCOC)nc(CCC)n1. The van der Waals surface area contributed by atoms with E-state index in [1.807, 2.05) is 6.07 Å². The first-order valence-electron chi connectivity index (χ1n) is 7.03. The van der Waals surface area contributed by atoms with E-state index in [9.17, 15) is 0 Å². The van der Waals surface area contributed by atoms with Crippen LogP contribution in [-0.2, 0) is 11.2 Å². The van der Waals surface area contributed by atoms with Crippen LogP contribution in [0, 0.1) is 0 Å². The van der Waals surface area contributed by atoms with Gasteiger partial charge in [0.05, 0.1) is 6.61 Å². The van der Waals surface area contributed by atoms with Gasteiger partial charge in [-0.3, -0.25) is 0 Å². The third kappa shape index (κ3) is 6.38. The van der Waals surface area contributed by atoms with Crippen LogP contribution in [0.25, 0.3) is 0 Å². The predicted octanol–water partition coefficient (Wildman–Crippen LogP) is 2.67. The maximum atomic E-state index is 5.64. The second-order valence-electron chi connectivity index (χ2n) is 4.38. The first kappa shape index (κ1) is 15.7. The van der Waals surface area contributed by atoms with Crippen molar-refractivity contribution in [2.75, 3.05) is 32.2 Å². The van der Waals surface area contributed by atoms with Gasteiger partial charge in [-0.15, -0.1) is 0 Å². The maximum Gasteiger partial charge on any atom is 0.218 e. The number of methoxy groups -OCH3 is 1. The Bertz CT molecular complexity index is 359. The second kappa shape index (κ2) is 9.55. The molecule has 0 fully saturated rings. The van der Waals surface area contributed by atoms with Crippen LogP contribution in [0.3, 0.4) is 0 Å². The van der Waals surface area contributed by atoms with Gasteiger partial charge in [0.1, 0.15) is 11.6 Å². The van der Waals surface area contributed by atoms with Crippen molar-refractivity contribution < 1.29 is 9.47 Å². The summed E-state index contributed by atoms with van der Waals surface area (Å²) in [6.45, 7) is 6.47. The van der Waals surface area contributed by atoms with Gasteiger partial charge < -0.3 is 14.8 Å². The standard InChI is InChI=1S/C14H25N3O2/c1-4-7-12-16-13(15-8-5-2)11-14(17-12)19-10-6-9-18-3/h11H,4-10H2,1-3H3,(H,15,16,17). The lowest BCUT2D eigenvalue weighted by Crippen LogP contribution is -2.08. The van der Waals surface area contributed by atoms with E-state index in [0.717, 1.165) is 43.9 Å². The van der Waals surface area contributed by atoms with E-state index in [4.69, 9.17) is 9.47 Å². The summed E-state index contributed by atoms with van der Waals surface area (Å²) in [7, 11) is 1.69. The van der Waals surface area contributed by atoms with Crippen LogP contribution in [0.15, 0.2) is 6.07 Å². The molecule has 0 aliphatic rings. The zero-order valence-electron chi connectivity index (χ0n) is 12.2. The number of aromatic nitrogens is 2. The van der Waals surface area contributed by atoms with Gasteiger partial charge in [0, 0.05) is 39.2 Å². The summed E-state index contributed by atoms with van der Waals surface area (Å²) >= 11 is 0. The molecule has 0 bridgehead atoms. The molecule has 0 amide bonds. The van der Waals surface area contributed by atoms with E-state index in [-0.39, 0.29) is 0 Å². The molecular formula is C14H25N3O2. The number of nitrogens with one attached hydrogen (secondary N) is 1. The van der Waals surface area contributed by atoms with Gasteiger partial charge in [-0.2, -0.15) is 4.98 Å². The highest BCUT2D eigenvalue weighted by molar-refractivity contribution is 5.38. The molecule has 19 heavy (non-hydrogen) atoms. The van der Waals surface area contributed by atoms with Gasteiger partial charge >= 0.3 is 0 Å². The molecule has 0 unspecified atom stereocenters. The molecular weight excluding hydrogens is 242 g/mol. The molecule has 0 radical (unpaired) electrons. The molecule has 0 saturated carbocycles. The zero-order chi connectivity index (χ0) is 13.9. The largest absolute Gasteiger partial charge is 0.477 e. The molecule has 0 aromatic carbocycles. The molecule has 5 nitrogen and oxygen atoms in total. The molecule has 0 spiro atoms. The number of anilines is 1. The molecule has 0 saturated heterocycles. The average molecular weight is 267 g/mol. The lowest BCUT2D eigenvalue weighted by molar-refractivity contribution is 0.170. The predicted molar refractivity (Wildman–Crippen MR) is 76.8 cm³/mol. The van der Waals surface area contributed by atoms with E-state index in [1.165, 1.54) is 0 Å². The highest BCUT2D eigenvalue weighted by Crippen LogP contribution is 2.15. The van der Waals surface area contributed by atoms with Crippen molar-refractivity contribution in [2.45, 2.75) is 39.5 Å². The van der Waals surface area contributed by atoms with Crippen LogP contribution in [0.2, 0.25) is 0 Å². The van der Waals surface area contributed by atoms with Crippen molar-refractivity contribution >= 4 is 5.82 Å². The number of hydrogen-bond acceptors (Lipinski definition) is 5. The van der Waals surface area contributed by atoms with Gasteiger partial charge in [-0.1, -0.05) is 13.8 Å². The number of rotatable bonds is 10. The Labute approximate surface area is 115 Å². The fourth-order valence-electron chi connectivity index (χ4n) is 1.61. The normalized spacial score (nSPS) is 10.5. The van der Waals surface area contributed by atoms with Crippen molar-refractivity contribution in [2.24, 2.45) is 0 Å². The lowest BCUT2D eigenvalue weighted by atomic mass is 10.3. The Kier molecular flexibility index (Phi) is 7.89. The number of aryl methyl sites for hydroxylation is 1. The Morgan fingerprint density at radius 3 is 2.68 bits per heavy atom. The molecule has 108 valence electrons. The molecule has 1 aromatic rings. The Balaban J connectivity index is 2.63. The fraction of sp³-hybridized carbons (Fsp3) is 0.714.